The van der Waals surface area contributed by atoms with Crippen molar-refractivity contribution in [1.29, 1.82) is 0 Å². The van der Waals surface area contributed by atoms with E-state index in [9.17, 15) is 10.1 Å². The second kappa shape index (κ2) is 5.32. The topological polar surface area (TPSA) is 52.4 Å². The number of nitro benzene ring substituents is 1. The first kappa shape index (κ1) is 12.3. The van der Waals surface area contributed by atoms with Crippen molar-refractivity contribution in [2.45, 2.75) is 6.42 Å². The highest BCUT2D eigenvalue weighted by Crippen LogP contribution is 2.33. The fraction of sp³-hybridized carbons (Fsp3) is 0.333. The molecular weight excluding hydrogens is 285 g/mol. The Kier molecular flexibility index (Phi) is 4.35. The number of rotatable bonds is 4. The van der Waals surface area contributed by atoms with Crippen LogP contribution in [0.2, 0.25) is 5.02 Å². The van der Waals surface area contributed by atoms with E-state index in [4.69, 9.17) is 16.3 Å². The second-order valence-electron chi connectivity index (χ2n) is 2.81. The number of benzene rings is 1. The van der Waals surface area contributed by atoms with Crippen LogP contribution in [0.15, 0.2) is 12.1 Å². The average molecular weight is 295 g/mol. The summed E-state index contributed by atoms with van der Waals surface area (Å²) in [6, 6.07) is 2.92. The number of nitro groups is 1. The van der Waals surface area contributed by atoms with Crippen LogP contribution in [0.3, 0.4) is 0 Å². The summed E-state index contributed by atoms with van der Waals surface area (Å²) < 4.78 is 4.93. The summed E-state index contributed by atoms with van der Waals surface area (Å²) in [7, 11) is 1.40. The Morgan fingerprint density at radius 1 is 1.60 bits per heavy atom. The number of aryl methyl sites for hydroxylation is 1. The van der Waals surface area contributed by atoms with Crippen molar-refractivity contribution in [3.63, 3.8) is 0 Å². The van der Waals surface area contributed by atoms with E-state index >= 15 is 0 Å². The molecule has 0 atom stereocenters. The Hall–Kier alpha value is -0.810. The summed E-state index contributed by atoms with van der Waals surface area (Å²) in [5.74, 6) is 0.236. The number of ether oxygens (including phenoxy) is 1. The molecule has 15 heavy (non-hydrogen) atoms. The monoisotopic (exact) mass is 293 g/mol. The molecule has 1 aromatic carbocycles. The highest BCUT2D eigenvalue weighted by atomic mass is 79.9. The van der Waals surface area contributed by atoms with Gasteiger partial charge >= 0.3 is 5.69 Å². The zero-order valence-corrected chi connectivity index (χ0v) is 10.3. The predicted octanol–water partition coefficient (Wildman–Crippen LogP) is 3.19. The quantitative estimate of drug-likeness (QED) is 0.487. The van der Waals surface area contributed by atoms with E-state index in [1.165, 1.54) is 13.2 Å². The first-order chi connectivity index (χ1) is 7.10. The molecule has 1 aromatic rings. The Morgan fingerprint density at radius 2 is 2.27 bits per heavy atom. The van der Waals surface area contributed by atoms with E-state index in [0.717, 1.165) is 10.9 Å². The molecular formula is C9H9BrClNO3. The zero-order chi connectivity index (χ0) is 11.4. The third kappa shape index (κ3) is 2.82. The molecule has 0 bridgehead atoms. The largest absolute Gasteiger partial charge is 0.490 e. The minimum absolute atomic E-state index is 0.110. The van der Waals surface area contributed by atoms with Gasteiger partial charge in [-0.1, -0.05) is 27.5 Å². The van der Waals surface area contributed by atoms with E-state index in [1.807, 2.05) is 0 Å². The van der Waals surface area contributed by atoms with Crippen LogP contribution in [0.25, 0.3) is 0 Å². The summed E-state index contributed by atoms with van der Waals surface area (Å²) in [5, 5.41) is 11.8. The Morgan fingerprint density at radius 3 is 2.73 bits per heavy atom. The molecule has 0 fully saturated rings. The normalized spacial score (nSPS) is 10.1. The maximum absolute atomic E-state index is 10.7. The lowest BCUT2D eigenvalue weighted by Crippen LogP contribution is -1.97. The molecule has 0 spiro atoms. The van der Waals surface area contributed by atoms with Crippen molar-refractivity contribution in [1.82, 2.24) is 0 Å². The summed E-state index contributed by atoms with van der Waals surface area (Å²) in [6.45, 7) is 0. The van der Waals surface area contributed by atoms with Crippen LogP contribution in [0.1, 0.15) is 5.56 Å². The first-order valence-electron chi connectivity index (χ1n) is 4.17. The molecule has 0 aromatic heterocycles. The van der Waals surface area contributed by atoms with Crippen molar-refractivity contribution < 1.29 is 9.66 Å². The van der Waals surface area contributed by atoms with E-state index in [-0.39, 0.29) is 11.4 Å². The van der Waals surface area contributed by atoms with Gasteiger partial charge in [-0.05, 0) is 18.1 Å². The van der Waals surface area contributed by atoms with Crippen LogP contribution in [0.4, 0.5) is 5.69 Å². The molecule has 0 aliphatic heterocycles. The molecule has 82 valence electrons. The van der Waals surface area contributed by atoms with E-state index in [2.05, 4.69) is 15.9 Å². The average Bonchev–Trinajstić information content (AvgIpc) is 2.20. The third-order valence-corrected chi connectivity index (χ3v) is 2.66. The van der Waals surface area contributed by atoms with Gasteiger partial charge in [0.2, 0.25) is 0 Å². The lowest BCUT2D eigenvalue weighted by atomic mass is 10.1. The molecule has 0 aliphatic carbocycles. The summed E-state index contributed by atoms with van der Waals surface area (Å²) in [5.41, 5.74) is 0.719. The van der Waals surface area contributed by atoms with Gasteiger partial charge in [0, 0.05) is 11.4 Å². The molecule has 0 radical (unpaired) electrons. The highest BCUT2D eigenvalue weighted by Gasteiger charge is 2.17. The molecule has 0 saturated heterocycles. The summed E-state index contributed by atoms with van der Waals surface area (Å²) >= 11 is 9.18. The molecule has 0 saturated carbocycles. The standard InChI is InChI=1S/C9H9BrClNO3/c1-15-9-4-6(2-3-10)7(11)5-8(9)12(13)14/h4-5H,2-3H2,1H3. The van der Waals surface area contributed by atoms with Crippen molar-refractivity contribution in [2.24, 2.45) is 0 Å². The van der Waals surface area contributed by atoms with Gasteiger partial charge in [-0.3, -0.25) is 10.1 Å². The Bertz CT molecular complexity index is 384. The van der Waals surface area contributed by atoms with Crippen LogP contribution < -0.4 is 4.74 Å². The van der Waals surface area contributed by atoms with Crippen LogP contribution in [0, 0.1) is 10.1 Å². The molecule has 0 unspecified atom stereocenters. The number of halogens is 2. The minimum atomic E-state index is -0.511. The number of nitrogens with zero attached hydrogens (tertiary/aromatic N) is 1. The molecule has 4 nitrogen and oxygen atoms in total. The maximum atomic E-state index is 10.7. The zero-order valence-electron chi connectivity index (χ0n) is 8.00. The predicted molar refractivity (Wildman–Crippen MR) is 62.2 cm³/mol. The van der Waals surface area contributed by atoms with E-state index in [1.54, 1.807) is 6.07 Å². The van der Waals surface area contributed by atoms with E-state index in [0.29, 0.717) is 11.4 Å². The van der Waals surface area contributed by atoms with Crippen molar-refractivity contribution in [3.8, 4) is 5.75 Å². The van der Waals surface area contributed by atoms with Gasteiger partial charge < -0.3 is 4.74 Å². The maximum Gasteiger partial charge on any atom is 0.312 e. The number of methoxy groups -OCH3 is 1. The van der Waals surface area contributed by atoms with Gasteiger partial charge in [0.05, 0.1) is 17.1 Å². The first-order valence-corrected chi connectivity index (χ1v) is 5.67. The van der Waals surface area contributed by atoms with Gasteiger partial charge in [-0.15, -0.1) is 0 Å². The third-order valence-electron chi connectivity index (χ3n) is 1.91. The van der Waals surface area contributed by atoms with Gasteiger partial charge in [-0.25, -0.2) is 0 Å². The van der Waals surface area contributed by atoms with Gasteiger partial charge in [-0.2, -0.15) is 0 Å². The van der Waals surface area contributed by atoms with Crippen LogP contribution in [-0.4, -0.2) is 17.4 Å². The smallest absolute Gasteiger partial charge is 0.312 e. The minimum Gasteiger partial charge on any atom is -0.490 e. The number of hydrogen-bond donors (Lipinski definition) is 0. The fourth-order valence-electron chi connectivity index (χ4n) is 1.18. The molecule has 0 heterocycles. The van der Waals surface area contributed by atoms with Crippen LogP contribution >= 0.6 is 27.5 Å². The second-order valence-corrected chi connectivity index (χ2v) is 4.01. The van der Waals surface area contributed by atoms with Crippen molar-refractivity contribution in [2.75, 3.05) is 12.4 Å². The summed E-state index contributed by atoms with van der Waals surface area (Å²) in [4.78, 5) is 10.1. The van der Waals surface area contributed by atoms with Crippen molar-refractivity contribution >= 4 is 33.2 Å². The van der Waals surface area contributed by atoms with Gasteiger partial charge in [0.1, 0.15) is 0 Å². The fourth-order valence-corrected chi connectivity index (χ4v) is 1.86. The molecule has 0 aliphatic rings. The summed E-state index contributed by atoms with van der Waals surface area (Å²) in [6.07, 6.45) is 0.702. The van der Waals surface area contributed by atoms with Crippen molar-refractivity contribution in [3.05, 3.63) is 32.8 Å². The Balaban J connectivity index is 3.22. The van der Waals surface area contributed by atoms with Crippen LogP contribution in [-0.2, 0) is 6.42 Å². The molecule has 6 heteroatoms. The molecule has 0 N–H and O–H groups in total. The Labute approximate surface area is 100 Å². The van der Waals surface area contributed by atoms with E-state index < -0.39 is 4.92 Å². The number of alkyl halides is 1. The number of hydrogen-bond acceptors (Lipinski definition) is 3. The molecule has 1 rings (SSSR count). The molecule has 0 amide bonds. The SMILES string of the molecule is COc1cc(CCBr)c(Cl)cc1[N+](=O)[O-]. The van der Waals surface area contributed by atoms with Gasteiger partial charge in [0.25, 0.3) is 0 Å². The van der Waals surface area contributed by atoms with Crippen LogP contribution in [0.5, 0.6) is 5.75 Å². The lowest BCUT2D eigenvalue weighted by molar-refractivity contribution is -0.385. The highest BCUT2D eigenvalue weighted by molar-refractivity contribution is 9.09. The lowest BCUT2D eigenvalue weighted by Gasteiger charge is -2.06. The van der Waals surface area contributed by atoms with Gasteiger partial charge in [0.15, 0.2) is 5.75 Å².